The molecule has 1 aliphatic rings. The van der Waals surface area contributed by atoms with Crippen molar-refractivity contribution >= 4 is 18.0 Å². The Bertz CT molecular complexity index is 275. The van der Waals surface area contributed by atoms with E-state index in [-0.39, 0.29) is 17.3 Å². The maximum absolute atomic E-state index is 10.8. The zero-order chi connectivity index (χ0) is 8.27. The number of carbonyl (C=O) groups is 3. The minimum Gasteiger partial charge on any atom is -0.325 e. The Morgan fingerprint density at radius 3 is 2.64 bits per heavy atom. The Labute approximate surface area is 62.6 Å². The van der Waals surface area contributed by atoms with Crippen LogP contribution < -0.4 is 5.32 Å². The Hall–Kier alpha value is -1.71. The third kappa shape index (κ3) is 1.61. The first-order valence-corrected chi connectivity index (χ1v) is 2.92. The lowest BCUT2D eigenvalue weighted by atomic mass is 10.1. The molecule has 1 aliphatic carbocycles. The van der Waals surface area contributed by atoms with E-state index in [9.17, 15) is 14.4 Å². The van der Waals surface area contributed by atoms with Crippen molar-refractivity contribution in [1.82, 2.24) is 5.32 Å². The summed E-state index contributed by atoms with van der Waals surface area (Å²) in [4.78, 5) is 31.3. The van der Waals surface area contributed by atoms with E-state index >= 15 is 0 Å². The summed E-state index contributed by atoms with van der Waals surface area (Å²) >= 11 is 0. The number of nitrogens with one attached hydrogen (secondary N) is 1. The van der Waals surface area contributed by atoms with Gasteiger partial charge in [0.15, 0.2) is 5.78 Å². The van der Waals surface area contributed by atoms with Crippen LogP contribution >= 0.6 is 0 Å². The molecule has 0 saturated heterocycles. The highest BCUT2D eigenvalue weighted by Gasteiger charge is 2.11. The van der Waals surface area contributed by atoms with Gasteiger partial charge in [0, 0.05) is 6.08 Å². The summed E-state index contributed by atoms with van der Waals surface area (Å²) in [6.45, 7) is 0. The number of hydrogen-bond donors (Lipinski definition) is 1. The first kappa shape index (κ1) is 7.40. The highest BCUT2D eigenvalue weighted by atomic mass is 16.1. The van der Waals surface area contributed by atoms with E-state index < -0.39 is 0 Å². The van der Waals surface area contributed by atoms with Gasteiger partial charge in [-0.25, -0.2) is 0 Å². The van der Waals surface area contributed by atoms with Crippen LogP contribution in [0.15, 0.2) is 23.9 Å². The van der Waals surface area contributed by atoms with E-state index in [1.807, 2.05) is 0 Å². The molecule has 0 unspecified atom stereocenters. The molecular weight excluding hydrogens is 146 g/mol. The number of carbonyl (C=O) groups excluding carboxylic acids is 3. The Balaban J connectivity index is 2.84. The van der Waals surface area contributed by atoms with Crippen molar-refractivity contribution < 1.29 is 14.4 Å². The summed E-state index contributed by atoms with van der Waals surface area (Å²) in [5.41, 5.74) is 0.0208. The van der Waals surface area contributed by atoms with Crippen LogP contribution in [0.5, 0.6) is 0 Å². The van der Waals surface area contributed by atoms with Gasteiger partial charge in [0.25, 0.3) is 0 Å². The molecule has 0 aliphatic heterocycles. The molecule has 4 nitrogen and oxygen atoms in total. The smallest absolute Gasteiger partial charge is 0.211 e. The van der Waals surface area contributed by atoms with Gasteiger partial charge < -0.3 is 5.32 Å². The van der Waals surface area contributed by atoms with Crippen LogP contribution in [-0.4, -0.2) is 18.0 Å². The van der Waals surface area contributed by atoms with E-state index in [0.29, 0.717) is 6.41 Å². The predicted octanol–water partition coefficient (Wildman–Crippen LogP) is -0.676. The highest BCUT2D eigenvalue weighted by molar-refractivity contribution is 6.17. The fourth-order valence-corrected chi connectivity index (χ4v) is 0.685. The van der Waals surface area contributed by atoms with Crippen LogP contribution in [0.1, 0.15) is 0 Å². The van der Waals surface area contributed by atoms with Gasteiger partial charge in [-0.3, -0.25) is 14.4 Å². The summed E-state index contributed by atoms with van der Waals surface area (Å²) < 4.78 is 0. The number of allylic oxidation sites excluding steroid dienone is 3. The third-order valence-corrected chi connectivity index (χ3v) is 1.17. The van der Waals surface area contributed by atoms with Crippen LogP contribution in [-0.2, 0) is 14.4 Å². The largest absolute Gasteiger partial charge is 0.325 e. The van der Waals surface area contributed by atoms with Gasteiger partial charge in [-0.05, 0) is 12.2 Å². The van der Waals surface area contributed by atoms with Gasteiger partial charge in [0.2, 0.25) is 12.2 Å². The molecule has 11 heavy (non-hydrogen) atoms. The quantitative estimate of drug-likeness (QED) is 0.420. The molecule has 0 fully saturated rings. The normalized spacial score (nSPS) is 16.2. The van der Waals surface area contributed by atoms with Gasteiger partial charge in [0.1, 0.15) is 0 Å². The zero-order valence-corrected chi connectivity index (χ0v) is 5.53. The minimum absolute atomic E-state index is 0.0208. The van der Waals surface area contributed by atoms with Gasteiger partial charge in [-0.1, -0.05) is 0 Å². The van der Waals surface area contributed by atoms with Crippen molar-refractivity contribution in [3.63, 3.8) is 0 Å². The zero-order valence-electron chi connectivity index (χ0n) is 5.53. The van der Waals surface area contributed by atoms with Crippen LogP contribution in [0, 0.1) is 0 Å². The second-order valence-corrected chi connectivity index (χ2v) is 1.92. The SMILES string of the molecule is O=CNC1=CC(=O)C=CC1=O. The first-order chi connectivity index (χ1) is 5.24. The monoisotopic (exact) mass is 151 g/mol. The molecule has 1 N–H and O–H groups in total. The standard InChI is InChI=1S/C7H5NO3/c9-4-8-6-3-5(10)1-2-7(6)11/h1-4H,(H,8,9). The van der Waals surface area contributed by atoms with E-state index in [0.717, 1.165) is 18.2 Å². The lowest BCUT2D eigenvalue weighted by molar-refractivity contribution is -0.116. The summed E-state index contributed by atoms with van der Waals surface area (Å²) in [5, 5.41) is 2.12. The fourth-order valence-electron chi connectivity index (χ4n) is 0.685. The van der Waals surface area contributed by atoms with Gasteiger partial charge in [-0.2, -0.15) is 0 Å². The molecular formula is C7H5NO3. The second-order valence-electron chi connectivity index (χ2n) is 1.92. The molecule has 0 aromatic rings. The van der Waals surface area contributed by atoms with Gasteiger partial charge in [0.05, 0.1) is 5.70 Å². The number of hydrogen-bond acceptors (Lipinski definition) is 3. The average Bonchev–Trinajstić information content (AvgIpc) is 1.98. The first-order valence-electron chi connectivity index (χ1n) is 2.92. The Kier molecular flexibility index (Phi) is 1.96. The Morgan fingerprint density at radius 1 is 1.27 bits per heavy atom. The van der Waals surface area contributed by atoms with Gasteiger partial charge >= 0.3 is 0 Å². The van der Waals surface area contributed by atoms with E-state index in [1.54, 1.807) is 0 Å². The van der Waals surface area contributed by atoms with E-state index in [2.05, 4.69) is 5.32 Å². The summed E-state index contributed by atoms with van der Waals surface area (Å²) in [5.74, 6) is -0.661. The van der Waals surface area contributed by atoms with Crippen molar-refractivity contribution in [1.29, 1.82) is 0 Å². The number of rotatable bonds is 2. The molecule has 0 heterocycles. The summed E-state index contributed by atoms with van der Waals surface area (Å²) in [7, 11) is 0. The van der Waals surface area contributed by atoms with Crippen LogP contribution in [0.3, 0.4) is 0 Å². The predicted molar refractivity (Wildman–Crippen MR) is 36.4 cm³/mol. The molecule has 1 rings (SSSR count). The molecule has 0 aromatic heterocycles. The molecule has 56 valence electrons. The average molecular weight is 151 g/mol. The fraction of sp³-hybridized carbons (Fsp3) is 0. The molecule has 0 atom stereocenters. The Morgan fingerprint density at radius 2 is 2.00 bits per heavy atom. The summed E-state index contributed by atoms with van der Waals surface area (Å²) in [6.07, 6.45) is 3.71. The highest BCUT2D eigenvalue weighted by Crippen LogP contribution is 2.00. The number of amides is 1. The lowest BCUT2D eigenvalue weighted by Crippen LogP contribution is -2.20. The molecule has 1 amide bonds. The van der Waals surface area contributed by atoms with Crippen molar-refractivity contribution in [3.05, 3.63) is 23.9 Å². The second kappa shape index (κ2) is 2.92. The van der Waals surface area contributed by atoms with Crippen molar-refractivity contribution in [2.75, 3.05) is 0 Å². The number of ketones is 2. The topological polar surface area (TPSA) is 63.2 Å². The van der Waals surface area contributed by atoms with Crippen LogP contribution in [0.4, 0.5) is 0 Å². The van der Waals surface area contributed by atoms with Gasteiger partial charge in [-0.15, -0.1) is 0 Å². The lowest BCUT2D eigenvalue weighted by Gasteiger charge is -2.02. The van der Waals surface area contributed by atoms with Crippen LogP contribution in [0.25, 0.3) is 0 Å². The maximum Gasteiger partial charge on any atom is 0.211 e. The molecule has 0 radical (unpaired) electrons. The molecule has 0 saturated carbocycles. The molecule has 4 heteroatoms. The molecule has 0 aromatic carbocycles. The molecule has 0 bridgehead atoms. The van der Waals surface area contributed by atoms with Crippen molar-refractivity contribution in [3.8, 4) is 0 Å². The maximum atomic E-state index is 10.8. The van der Waals surface area contributed by atoms with Crippen LogP contribution in [0.2, 0.25) is 0 Å². The van der Waals surface area contributed by atoms with E-state index in [1.165, 1.54) is 0 Å². The minimum atomic E-state index is -0.364. The molecule has 0 spiro atoms. The summed E-state index contributed by atoms with van der Waals surface area (Å²) in [6, 6.07) is 0. The van der Waals surface area contributed by atoms with Crippen molar-refractivity contribution in [2.24, 2.45) is 0 Å². The third-order valence-electron chi connectivity index (χ3n) is 1.17. The van der Waals surface area contributed by atoms with Crippen molar-refractivity contribution in [2.45, 2.75) is 0 Å². The van der Waals surface area contributed by atoms with E-state index in [4.69, 9.17) is 0 Å².